The van der Waals surface area contributed by atoms with Gasteiger partial charge in [0.05, 0.1) is 9.71 Å². The molecule has 0 saturated carbocycles. The van der Waals surface area contributed by atoms with Crippen LogP contribution >= 0.6 is 34.5 Å². The smallest absolute Gasteiger partial charge is 0.0975 e. The Balaban J connectivity index is 2.84. The van der Waals surface area contributed by atoms with Crippen LogP contribution in [0.25, 0.3) is 0 Å². The predicted octanol–water partition coefficient (Wildman–Crippen LogP) is 4.34. The molecule has 1 atom stereocenters. The summed E-state index contributed by atoms with van der Waals surface area (Å²) in [4.78, 5) is 0. The highest BCUT2D eigenvalue weighted by Crippen LogP contribution is 2.36. The molecule has 0 aliphatic rings. The molecule has 1 rings (SSSR count). The molecule has 1 unspecified atom stereocenters. The Morgan fingerprint density at radius 3 is 2.45 bits per heavy atom. The average molecular weight is 209 g/mol. The summed E-state index contributed by atoms with van der Waals surface area (Å²) in [5, 5.41) is 2.02. The maximum atomic E-state index is 6.11. The van der Waals surface area contributed by atoms with Crippen LogP contribution < -0.4 is 0 Å². The molecule has 0 radical (unpaired) electrons. The lowest BCUT2D eigenvalue weighted by atomic mass is 10.1. The van der Waals surface area contributed by atoms with E-state index in [4.69, 9.17) is 23.2 Å². The molecule has 3 heteroatoms. The summed E-state index contributed by atoms with van der Waals surface area (Å²) in [5.41, 5.74) is 1.06. The molecule has 0 aliphatic heterocycles. The Morgan fingerprint density at radius 1 is 1.45 bits per heavy atom. The van der Waals surface area contributed by atoms with E-state index in [1.807, 2.05) is 11.4 Å². The van der Waals surface area contributed by atoms with Gasteiger partial charge in [-0.05, 0) is 22.9 Å². The third-order valence-corrected chi connectivity index (χ3v) is 3.47. The third kappa shape index (κ3) is 2.11. The van der Waals surface area contributed by atoms with Gasteiger partial charge < -0.3 is 0 Å². The first-order valence-corrected chi connectivity index (χ1v) is 5.19. The summed E-state index contributed by atoms with van der Waals surface area (Å²) in [6.07, 6.45) is 0. The second kappa shape index (κ2) is 3.79. The fourth-order valence-corrected chi connectivity index (χ4v) is 2.16. The zero-order chi connectivity index (χ0) is 8.43. The van der Waals surface area contributed by atoms with Crippen molar-refractivity contribution in [2.45, 2.75) is 19.2 Å². The molecule has 62 valence electrons. The summed E-state index contributed by atoms with van der Waals surface area (Å²) in [6, 6.07) is 1.99. The zero-order valence-electron chi connectivity index (χ0n) is 6.47. The van der Waals surface area contributed by atoms with Crippen molar-refractivity contribution >= 4 is 34.5 Å². The van der Waals surface area contributed by atoms with Gasteiger partial charge >= 0.3 is 0 Å². The molecule has 0 fully saturated rings. The summed E-state index contributed by atoms with van der Waals surface area (Å²) in [5.74, 6) is 0.434. The van der Waals surface area contributed by atoms with Crippen LogP contribution in [0.3, 0.4) is 0 Å². The van der Waals surface area contributed by atoms with Gasteiger partial charge in [0, 0.05) is 0 Å². The van der Waals surface area contributed by atoms with Crippen molar-refractivity contribution in [3.63, 3.8) is 0 Å². The van der Waals surface area contributed by atoms with Crippen molar-refractivity contribution in [2.75, 3.05) is 0 Å². The fraction of sp³-hybridized carbons (Fsp3) is 0.500. The van der Waals surface area contributed by atoms with E-state index >= 15 is 0 Å². The Morgan fingerprint density at radius 2 is 2.09 bits per heavy atom. The quantitative estimate of drug-likeness (QED) is 0.635. The van der Waals surface area contributed by atoms with Gasteiger partial charge in [-0.15, -0.1) is 22.9 Å². The van der Waals surface area contributed by atoms with E-state index in [0.29, 0.717) is 5.92 Å². The minimum Gasteiger partial charge on any atom is -0.132 e. The van der Waals surface area contributed by atoms with E-state index in [1.165, 1.54) is 11.3 Å². The van der Waals surface area contributed by atoms with Gasteiger partial charge in [0.2, 0.25) is 0 Å². The van der Waals surface area contributed by atoms with Crippen molar-refractivity contribution in [1.29, 1.82) is 0 Å². The maximum absolute atomic E-state index is 6.11. The molecule has 0 bridgehead atoms. The largest absolute Gasteiger partial charge is 0.132 e. The van der Waals surface area contributed by atoms with E-state index in [9.17, 15) is 0 Å². The summed E-state index contributed by atoms with van der Waals surface area (Å²) in [7, 11) is 0. The average Bonchev–Trinajstić information content (AvgIpc) is 2.33. The van der Waals surface area contributed by atoms with E-state index in [1.54, 1.807) is 0 Å². The van der Waals surface area contributed by atoms with Crippen LogP contribution in [0.15, 0.2) is 11.4 Å². The minimum atomic E-state index is 0.0498. The van der Waals surface area contributed by atoms with Crippen molar-refractivity contribution in [1.82, 2.24) is 0 Å². The van der Waals surface area contributed by atoms with E-state index in [0.717, 1.165) is 9.90 Å². The Labute approximate surface area is 81.1 Å². The topological polar surface area (TPSA) is 0 Å². The molecule has 11 heavy (non-hydrogen) atoms. The molecule has 0 aliphatic carbocycles. The second-order valence-electron chi connectivity index (χ2n) is 2.80. The van der Waals surface area contributed by atoms with Crippen molar-refractivity contribution < 1.29 is 0 Å². The van der Waals surface area contributed by atoms with Crippen molar-refractivity contribution in [3.05, 3.63) is 21.3 Å². The number of hydrogen-bond acceptors (Lipinski definition) is 1. The van der Waals surface area contributed by atoms with Crippen LogP contribution in [0, 0.1) is 5.92 Å². The lowest BCUT2D eigenvalue weighted by Crippen LogP contribution is -1.97. The standard InChI is InChI=1S/C8H10Cl2S/c1-5(2)7(9)6-3-4-11-8(6)10/h3-5,7H,1-2H3. The monoisotopic (exact) mass is 208 g/mol. The molecule has 1 aromatic heterocycles. The van der Waals surface area contributed by atoms with Crippen molar-refractivity contribution in [3.8, 4) is 0 Å². The van der Waals surface area contributed by atoms with Gasteiger partial charge in [-0.2, -0.15) is 0 Å². The van der Waals surface area contributed by atoms with Gasteiger partial charge in [-0.1, -0.05) is 25.4 Å². The van der Waals surface area contributed by atoms with E-state index < -0.39 is 0 Å². The molecule has 0 aromatic carbocycles. The molecular formula is C8H10Cl2S. The highest BCUT2D eigenvalue weighted by Gasteiger charge is 2.15. The van der Waals surface area contributed by atoms with E-state index in [-0.39, 0.29) is 5.38 Å². The van der Waals surface area contributed by atoms with Gasteiger partial charge in [-0.25, -0.2) is 0 Å². The summed E-state index contributed by atoms with van der Waals surface area (Å²) >= 11 is 13.6. The van der Waals surface area contributed by atoms with Gasteiger partial charge in [-0.3, -0.25) is 0 Å². The van der Waals surface area contributed by atoms with Crippen LogP contribution in [-0.4, -0.2) is 0 Å². The first-order valence-electron chi connectivity index (χ1n) is 3.50. The molecule has 0 nitrogen and oxygen atoms in total. The lowest BCUT2D eigenvalue weighted by Gasteiger charge is -2.11. The van der Waals surface area contributed by atoms with Crippen LogP contribution in [-0.2, 0) is 0 Å². The fourth-order valence-electron chi connectivity index (χ4n) is 0.860. The minimum absolute atomic E-state index is 0.0498. The van der Waals surface area contributed by atoms with E-state index in [2.05, 4.69) is 13.8 Å². The normalized spacial score (nSPS) is 13.9. The molecule has 0 spiro atoms. The molecule has 0 N–H and O–H groups in total. The van der Waals surface area contributed by atoms with Crippen LogP contribution in [0.5, 0.6) is 0 Å². The lowest BCUT2D eigenvalue weighted by molar-refractivity contribution is 0.625. The second-order valence-corrected chi connectivity index (χ2v) is 4.78. The number of hydrogen-bond donors (Lipinski definition) is 0. The van der Waals surface area contributed by atoms with Crippen molar-refractivity contribution in [2.24, 2.45) is 5.92 Å². The van der Waals surface area contributed by atoms with Gasteiger partial charge in [0.1, 0.15) is 0 Å². The van der Waals surface area contributed by atoms with Gasteiger partial charge in [0.25, 0.3) is 0 Å². The van der Waals surface area contributed by atoms with Crippen LogP contribution in [0.2, 0.25) is 4.34 Å². The maximum Gasteiger partial charge on any atom is 0.0975 e. The number of thiophene rings is 1. The summed E-state index contributed by atoms with van der Waals surface area (Å²) < 4.78 is 0.818. The van der Waals surface area contributed by atoms with Crippen LogP contribution in [0.4, 0.5) is 0 Å². The highest BCUT2D eigenvalue weighted by molar-refractivity contribution is 7.14. The number of alkyl halides is 1. The Bertz CT molecular complexity index is 230. The Kier molecular flexibility index (Phi) is 3.23. The third-order valence-electron chi connectivity index (χ3n) is 1.53. The zero-order valence-corrected chi connectivity index (χ0v) is 8.80. The predicted molar refractivity (Wildman–Crippen MR) is 52.8 cm³/mol. The Hall–Kier alpha value is 0.280. The molecule has 0 amide bonds. The molecule has 0 saturated heterocycles. The summed E-state index contributed by atoms with van der Waals surface area (Å²) in [6.45, 7) is 4.18. The highest BCUT2D eigenvalue weighted by atomic mass is 35.5. The first kappa shape index (κ1) is 9.37. The molecular weight excluding hydrogens is 199 g/mol. The SMILES string of the molecule is CC(C)C(Cl)c1ccsc1Cl. The van der Waals surface area contributed by atoms with Gasteiger partial charge in [0.15, 0.2) is 0 Å². The molecule has 1 aromatic rings. The molecule has 1 heterocycles. The van der Waals surface area contributed by atoms with Crippen LogP contribution in [0.1, 0.15) is 24.8 Å². The number of rotatable bonds is 2. The first-order chi connectivity index (χ1) is 5.13. The number of halogens is 2.